The lowest BCUT2D eigenvalue weighted by Crippen LogP contribution is -2.39. The summed E-state index contributed by atoms with van der Waals surface area (Å²) in [7, 11) is 1.57. The number of methoxy groups -OCH3 is 1. The van der Waals surface area contributed by atoms with Crippen LogP contribution in [0.2, 0.25) is 5.02 Å². The summed E-state index contributed by atoms with van der Waals surface area (Å²) in [6.07, 6.45) is 5.14. The van der Waals surface area contributed by atoms with Gasteiger partial charge in [0.05, 0.1) is 17.2 Å². The van der Waals surface area contributed by atoms with Gasteiger partial charge in [-0.15, -0.1) is 12.4 Å². The van der Waals surface area contributed by atoms with Crippen LogP contribution in [0, 0.1) is 5.92 Å². The zero-order valence-electron chi connectivity index (χ0n) is 15.4. The van der Waals surface area contributed by atoms with Gasteiger partial charge in [-0.25, -0.2) is 0 Å². The van der Waals surface area contributed by atoms with Gasteiger partial charge in [-0.05, 0) is 49.8 Å². The molecule has 0 radical (unpaired) electrons. The number of carbonyl (C=O) groups is 2. The lowest BCUT2D eigenvalue weighted by Gasteiger charge is -2.28. The van der Waals surface area contributed by atoms with Crippen molar-refractivity contribution in [2.75, 3.05) is 25.6 Å². The topological polar surface area (TPSA) is 79.5 Å². The minimum Gasteiger partial charge on any atom is -0.383 e. The summed E-state index contributed by atoms with van der Waals surface area (Å²) >= 11 is 6.21. The van der Waals surface area contributed by atoms with Crippen LogP contribution in [0.25, 0.3) is 0 Å². The molecule has 0 aromatic heterocycles. The Morgan fingerprint density at radius 1 is 1.26 bits per heavy atom. The first-order valence-corrected chi connectivity index (χ1v) is 9.55. The van der Waals surface area contributed by atoms with Crippen molar-refractivity contribution in [3.8, 4) is 0 Å². The molecule has 2 aliphatic rings. The van der Waals surface area contributed by atoms with Gasteiger partial charge < -0.3 is 20.7 Å². The quantitative estimate of drug-likeness (QED) is 0.597. The van der Waals surface area contributed by atoms with Gasteiger partial charge in [0.2, 0.25) is 5.91 Å². The Labute approximate surface area is 171 Å². The van der Waals surface area contributed by atoms with Crippen LogP contribution >= 0.6 is 24.0 Å². The fourth-order valence-electron chi connectivity index (χ4n) is 3.95. The van der Waals surface area contributed by atoms with Crippen LogP contribution in [0.15, 0.2) is 18.2 Å². The van der Waals surface area contributed by atoms with E-state index >= 15 is 0 Å². The Morgan fingerprint density at radius 3 is 2.59 bits per heavy atom. The highest BCUT2D eigenvalue weighted by Crippen LogP contribution is 2.33. The van der Waals surface area contributed by atoms with Crippen LogP contribution in [0.5, 0.6) is 0 Å². The molecule has 2 aliphatic heterocycles. The van der Waals surface area contributed by atoms with E-state index in [4.69, 9.17) is 16.3 Å². The monoisotopic (exact) mass is 415 g/mol. The van der Waals surface area contributed by atoms with Crippen molar-refractivity contribution in [3.63, 3.8) is 0 Å². The molecule has 3 rings (SSSR count). The molecule has 3 N–H and O–H groups in total. The second kappa shape index (κ2) is 10.3. The lowest BCUT2D eigenvalue weighted by molar-refractivity contribution is -0.117. The normalized spacial score (nSPS) is 23.4. The van der Waals surface area contributed by atoms with Crippen LogP contribution in [0.1, 0.15) is 42.5 Å². The number of hydrogen-bond acceptors (Lipinski definition) is 4. The maximum Gasteiger partial charge on any atom is 0.252 e. The number of halogens is 2. The number of carbonyl (C=O) groups excluding carboxylic acids is 2. The summed E-state index contributed by atoms with van der Waals surface area (Å²) in [5.74, 6) is 0.190. The number of benzene rings is 1. The molecule has 0 aliphatic carbocycles. The van der Waals surface area contributed by atoms with Gasteiger partial charge in [-0.2, -0.15) is 0 Å². The molecular formula is C19H27Cl2N3O3. The third-order valence-electron chi connectivity index (χ3n) is 5.13. The van der Waals surface area contributed by atoms with Crippen molar-refractivity contribution in [2.45, 2.75) is 44.2 Å². The van der Waals surface area contributed by atoms with E-state index in [2.05, 4.69) is 16.0 Å². The summed E-state index contributed by atoms with van der Waals surface area (Å²) in [4.78, 5) is 24.4. The highest BCUT2D eigenvalue weighted by molar-refractivity contribution is 6.34. The van der Waals surface area contributed by atoms with E-state index < -0.39 is 0 Å². The average molecular weight is 416 g/mol. The first-order valence-electron chi connectivity index (χ1n) is 9.17. The van der Waals surface area contributed by atoms with Crippen molar-refractivity contribution in [2.24, 2.45) is 5.92 Å². The Hall–Kier alpha value is -1.34. The fraction of sp³-hybridized carbons (Fsp3) is 0.579. The molecule has 2 fully saturated rings. The summed E-state index contributed by atoms with van der Waals surface area (Å²) in [5.41, 5.74) is 1.00. The summed E-state index contributed by atoms with van der Waals surface area (Å²) in [6.45, 7) is 0.859. The van der Waals surface area contributed by atoms with Gasteiger partial charge in [-0.3, -0.25) is 9.59 Å². The maximum atomic E-state index is 12.4. The molecule has 2 saturated heterocycles. The second-order valence-corrected chi connectivity index (χ2v) is 7.58. The number of hydrogen-bond donors (Lipinski definition) is 3. The Balaban J connectivity index is 0.00000261. The third-order valence-corrected chi connectivity index (χ3v) is 5.45. The van der Waals surface area contributed by atoms with Gasteiger partial charge in [0.15, 0.2) is 0 Å². The van der Waals surface area contributed by atoms with Crippen molar-refractivity contribution in [3.05, 3.63) is 28.8 Å². The summed E-state index contributed by atoms with van der Waals surface area (Å²) in [5, 5.41) is 9.54. The predicted molar refractivity (Wildman–Crippen MR) is 109 cm³/mol. The average Bonchev–Trinajstić information content (AvgIpc) is 2.93. The number of piperidine rings is 1. The molecular weight excluding hydrogens is 389 g/mol. The molecule has 0 spiro atoms. The molecule has 2 heterocycles. The van der Waals surface area contributed by atoms with Crippen molar-refractivity contribution < 1.29 is 14.3 Å². The number of anilines is 1. The lowest BCUT2D eigenvalue weighted by atomic mass is 9.89. The van der Waals surface area contributed by atoms with Crippen molar-refractivity contribution in [1.29, 1.82) is 0 Å². The second-order valence-electron chi connectivity index (χ2n) is 7.17. The van der Waals surface area contributed by atoms with E-state index in [9.17, 15) is 9.59 Å². The molecule has 1 aromatic carbocycles. The summed E-state index contributed by atoms with van der Waals surface area (Å²) in [6, 6.07) is 6.12. The molecule has 1 aromatic rings. The number of nitrogens with one attached hydrogen (secondary N) is 3. The highest BCUT2D eigenvalue weighted by atomic mass is 35.5. The van der Waals surface area contributed by atoms with Crippen LogP contribution in [0.3, 0.4) is 0 Å². The zero-order valence-corrected chi connectivity index (χ0v) is 17.0. The standard InChI is InChI=1S/C19H26ClN3O3.ClH/c1-26-7-6-21-19(25)16-5-4-15(11-17(16)20)23-18(24)10-12-8-13-2-3-14(9-12)22-13;/h4-5,11-14,22H,2-3,6-10H2,1H3,(H,21,25)(H,23,24);1H. The van der Waals surface area contributed by atoms with Crippen LogP contribution in [0.4, 0.5) is 5.69 Å². The Morgan fingerprint density at radius 2 is 1.96 bits per heavy atom. The largest absolute Gasteiger partial charge is 0.383 e. The van der Waals surface area contributed by atoms with Gasteiger partial charge in [-0.1, -0.05) is 11.6 Å². The number of fused-ring (bicyclic) bond motifs is 2. The fourth-order valence-corrected chi connectivity index (χ4v) is 4.22. The van der Waals surface area contributed by atoms with E-state index in [1.165, 1.54) is 12.8 Å². The number of rotatable bonds is 7. The first kappa shape index (κ1) is 22.0. The smallest absolute Gasteiger partial charge is 0.252 e. The number of amides is 2. The molecule has 8 heteroatoms. The minimum absolute atomic E-state index is 0. The zero-order chi connectivity index (χ0) is 18.5. The van der Waals surface area contributed by atoms with Crippen molar-refractivity contribution >= 4 is 41.5 Å². The van der Waals surface area contributed by atoms with Crippen LogP contribution < -0.4 is 16.0 Å². The number of ether oxygens (including phenoxy) is 1. The molecule has 0 saturated carbocycles. The highest BCUT2D eigenvalue weighted by Gasteiger charge is 2.34. The predicted octanol–water partition coefficient (Wildman–Crippen LogP) is 3.00. The van der Waals surface area contributed by atoms with E-state index in [1.54, 1.807) is 25.3 Å². The molecule has 6 nitrogen and oxygen atoms in total. The molecule has 2 atom stereocenters. The molecule has 2 amide bonds. The molecule has 27 heavy (non-hydrogen) atoms. The minimum atomic E-state index is -0.255. The molecule has 150 valence electrons. The van der Waals surface area contributed by atoms with Gasteiger partial charge in [0.1, 0.15) is 0 Å². The van der Waals surface area contributed by atoms with E-state index in [-0.39, 0.29) is 24.2 Å². The van der Waals surface area contributed by atoms with Gasteiger partial charge in [0.25, 0.3) is 5.91 Å². The van der Waals surface area contributed by atoms with E-state index in [0.29, 0.717) is 53.8 Å². The van der Waals surface area contributed by atoms with Crippen molar-refractivity contribution in [1.82, 2.24) is 10.6 Å². The van der Waals surface area contributed by atoms with E-state index in [0.717, 1.165) is 12.8 Å². The van der Waals surface area contributed by atoms with E-state index in [1.807, 2.05) is 0 Å². The first-order chi connectivity index (χ1) is 12.5. The SMILES string of the molecule is COCCNC(=O)c1ccc(NC(=O)CC2CC3CCC(C2)N3)cc1Cl.Cl. The van der Waals surface area contributed by atoms with Crippen LogP contribution in [-0.4, -0.2) is 44.2 Å². The third kappa shape index (κ3) is 6.07. The summed E-state index contributed by atoms with van der Waals surface area (Å²) < 4.78 is 4.90. The maximum absolute atomic E-state index is 12.4. The molecule has 2 bridgehead atoms. The Bertz CT molecular complexity index is 660. The van der Waals surface area contributed by atoms with Gasteiger partial charge >= 0.3 is 0 Å². The van der Waals surface area contributed by atoms with Crippen LogP contribution in [-0.2, 0) is 9.53 Å². The van der Waals surface area contributed by atoms with Gasteiger partial charge in [0, 0.05) is 37.8 Å². The Kier molecular flexibility index (Phi) is 8.35. The molecule has 2 unspecified atom stereocenters.